The molecular formula is C14H17ClN2O2. The molecule has 0 radical (unpaired) electrons. The SMILES string of the molecule is C/C=C\C(=C/CC)Oc1ccc(C/C(Cl)=N/O)nc1. The van der Waals surface area contributed by atoms with Gasteiger partial charge >= 0.3 is 0 Å². The van der Waals surface area contributed by atoms with Crippen LogP contribution in [0.1, 0.15) is 26.0 Å². The average molecular weight is 281 g/mol. The molecule has 0 aromatic carbocycles. The van der Waals surface area contributed by atoms with E-state index in [2.05, 4.69) is 10.1 Å². The molecule has 0 unspecified atom stereocenters. The zero-order valence-electron chi connectivity index (χ0n) is 11.0. The van der Waals surface area contributed by atoms with Crippen molar-refractivity contribution in [2.45, 2.75) is 26.7 Å². The number of rotatable bonds is 6. The Kier molecular flexibility index (Phi) is 6.68. The molecule has 0 fully saturated rings. The number of hydrogen-bond acceptors (Lipinski definition) is 4. The van der Waals surface area contributed by atoms with Gasteiger partial charge in [-0.05, 0) is 37.6 Å². The minimum absolute atomic E-state index is 0.0988. The van der Waals surface area contributed by atoms with Crippen molar-refractivity contribution in [1.82, 2.24) is 4.98 Å². The number of allylic oxidation sites excluding steroid dienone is 3. The minimum atomic E-state index is 0.0988. The largest absolute Gasteiger partial charge is 0.456 e. The van der Waals surface area contributed by atoms with E-state index < -0.39 is 0 Å². The summed E-state index contributed by atoms with van der Waals surface area (Å²) < 4.78 is 5.68. The normalized spacial score (nSPS) is 13.0. The first-order valence-electron chi connectivity index (χ1n) is 6.01. The fourth-order valence-electron chi connectivity index (χ4n) is 1.41. The summed E-state index contributed by atoms with van der Waals surface area (Å²) >= 11 is 5.62. The van der Waals surface area contributed by atoms with E-state index in [0.29, 0.717) is 17.9 Å². The lowest BCUT2D eigenvalue weighted by atomic mass is 10.3. The summed E-state index contributed by atoms with van der Waals surface area (Å²) in [5.74, 6) is 1.44. The maximum Gasteiger partial charge on any atom is 0.151 e. The van der Waals surface area contributed by atoms with E-state index in [1.54, 1.807) is 18.3 Å². The molecule has 4 nitrogen and oxygen atoms in total. The van der Waals surface area contributed by atoms with E-state index in [-0.39, 0.29) is 5.17 Å². The lowest BCUT2D eigenvalue weighted by molar-refractivity contribution is 0.319. The molecule has 1 heterocycles. The first-order chi connectivity index (χ1) is 9.19. The van der Waals surface area contributed by atoms with Crippen molar-refractivity contribution >= 4 is 16.8 Å². The van der Waals surface area contributed by atoms with Crippen LogP contribution in [0.3, 0.4) is 0 Å². The Bertz CT molecular complexity index is 479. The number of hydrogen-bond donors (Lipinski definition) is 1. The fraction of sp³-hybridized carbons (Fsp3) is 0.286. The van der Waals surface area contributed by atoms with E-state index >= 15 is 0 Å². The molecule has 0 saturated heterocycles. The van der Waals surface area contributed by atoms with E-state index in [9.17, 15) is 0 Å². The van der Waals surface area contributed by atoms with Crippen molar-refractivity contribution in [2.24, 2.45) is 5.16 Å². The summed E-state index contributed by atoms with van der Waals surface area (Å²) in [6.45, 7) is 3.98. The summed E-state index contributed by atoms with van der Waals surface area (Å²) in [4.78, 5) is 4.19. The Morgan fingerprint density at radius 2 is 2.32 bits per heavy atom. The molecule has 1 rings (SSSR count). The lowest BCUT2D eigenvalue weighted by Crippen LogP contribution is -1.98. The van der Waals surface area contributed by atoms with Gasteiger partial charge in [-0.25, -0.2) is 0 Å². The second-order valence-corrected chi connectivity index (χ2v) is 4.19. The van der Waals surface area contributed by atoms with Gasteiger partial charge in [-0.15, -0.1) is 0 Å². The van der Waals surface area contributed by atoms with Gasteiger partial charge in [0.15, 0.2) is 5.17 Å². The number of pyridine rings is 1. The average Bonchev–Trinajstić information content (AvgIpc) is 2.41. The molecule has 0 bridgehead atoms. The van der Waals surface area contributed by atoms with Gasteiger partial charge in [0.1, 0.15) is 11.5 Å². The van der Waals surface area contributed by atoms with Crippen LogP contribution in [0.4, 0.5) is 0 Å². The number of ether oxygens (including phenoxy) is 1. The highest BCUT2D eigenvalue weighted by Gasteiger charge is 2.02. The Morgan fingerprint density at radius 3 is 2.84 bits per heavy atom. The molecule has 0 aliphatic rings. The summed E-state index contributed by atoms with van der Waals surface area (Å²) in [5, 5.41) is 11.5. The van der Waals surface area contributed by atoms with E-state index in [0.717, 1.165) is 12.2 Å². The highest BCUT2D eigenvalue weighted by Crippen LogP contribution is 2.15. The van der Waals surface area contributed by atoms with Gasteiger partial charge < -0.3 is 9.94 Å². The smallest absolute Gasteiger partial charge is 0.151 e. The molecule has 1 aromatic rings. The minimum Gasteiger partial charge on any atom is -0.456 e. The summed E-state index contributed by atoms with van der Waals surface area (Å²) in [6, 6.07) is 3.58. The molecule has 0 amide bonds. The summed E-state index contributed by atoms with van der Waals surface area (Å²) in [7, 11) is 0. The molecular weight excluding hydrogens is 264 g/mol. The molecule has 0 saturated carbocycles. The Labute approximate surface area is 118 Å². The van der Waals surface area contributed by atoms with E-state index in [1.165, 1.54) is 0 Å². The number of nitrogens with zero attached hydrogens (tertiary/aromatic N) is 2. The molecule has 0 atom stereocenters. The highest BCUT2D eigenvalue weighted by molar-refractivity contribution is 6.65. The van der Waals surface area contributed by atoms with Gasteiger partial charge in [-0.2, -0.15) is 0 Å². The number of halogens is 1. The van der Waals surface area contributed by atoms with Crippen molar-refractivity contribution in [3.63, 3.8) is 0 Å². The van der Waals surface area contributed by atoms with Crippen LogP contribution in [0.25, 0.3) is 0 Å². The predicted molar refractivity (Wildman–Crippen MR) is 76.8 cm³/mol. The molecule has 102 valence electrons. The van der Waals surface area contributed by atoms with Crippen LogP contribution < -0.4 is 4.74 Å². The molecule has 1 aromatic heterocycles. The molecule has 0 aliphatic carbocycles. The maximum atomic E-state index is 8.48. The molecule has 0 aliphatic heterocycles. The Hall–Kier alpha value is -1.81. The molecule has 1 N–H and O–H groups in total. The number of aromatic nitrogens is 1. The zero-order chi connectivity index (χ0) is 14.1. The van der Waals surface area contributed by atoms with Gasteiger partial charge in [0, 0.05) is 12.1 Å². The third-order valence-corrected chi connectivity index (χ3v) is 2.41. The molecule has 5 heteroatoms. The van der Waals surface area contributed by atoms with Crippen LogP contribution in [0, 0.1) is 0 Å². The third kappa shape index (κ3) is 5.57. The van der Waals surface area contributed by atoms with Gasteiger partial charge in [-0.3, -0.25) is 4.98 Å². The van der Waals surface area contributed by atoms with Crippen LogP contribution in [0.15, 0.2) is 47.5 Å². The molecule has 0 spiro atoms. The van der Waals surface area contributed by atoms with Crippen LogP contribution in [0.5, 0.6) is 5.75 Å². The monoisotopic (exact) mass is 280 g/mol. The topological polar surface area (TPSA) is 54.7 Å². The number of oxime groups is 1. The van der Waals surface area contributed by atoms with Crippen molar-refractivity contribution in [2.75, 3.05) is 0 Å². The predicted octanol–water partition coefficient (Wildman–Crippen LogP) is 3.90. The van der Waals surface area contributed by atoms with Crippen LogP contribution in [0.2, 0.25) is 0 Å². The van der Waals surface area contributed by atoms with Crippen molar-refractivity contribution in [1.29, 1.82) is 0 Å². The van der Waals surface area contributed by atoms with Crippen molar-refractivity contribution < 1.29 is 9.94 Å². The third-order valence-electron chi connectivity index (χ3n) is 2.21. The highest BCUT2D eigenvalue weighted by atomic mass is 35.5. The van der Waals surface area contributed by atoms with E-state index in [4.69, 9.17) is 21.5 Å². The Morgan fingerprint density at radius 1 is 1.53 bits per heavy atom. The van der Waals surface area contributed by atoms with Gasteiger partial charge in [0.2, 0.25) is 0 Å². The van der Waals surface area contributed by atoms with Crippen molar-refractivity contribution in [3.8, 4) is 5.75 Å². The maximum absolute atomic E-state index is 8.48. The first-order valence-corrected chi connectivity index (χ1v) is 6.39. The van der Waals surface area contributed by atoms with Crippen LogP contribution in [-0.4, -0.2) is 15.4 Å². The van der Waals surface area contributed by atoms with Crippen molar-refractivity contribution in [3.05, 3.63) is 48.0 Å². The van der Waals surface area contributed by atoms with E-state index in [1.807, 2.05) is 32.1 Å². The van der Waals surface area contributed by atoms with Crippen LogP contribution >= 0.6 is 11.6 Å². The zero-order valence-corrected chi connectivity index (χ0v) is 11.8. The quantitative estimate of drug-likeness (QED) is 0.283. The van der Waals surface area contributed by atoms with Gasteiger partial charge in [0.05, 0.1) is 6.20 Å². The standard InChI is InChI=1S/C14H17ClN2O2/c1-3-5-12(6-4-2)19-13-8-7-11(16-10-13)9-14(15)17-18/h3,5-8,10,18H,4,9H2,1-2H3/b5-3-,12-6+,17-14-. The fourth-order valence-corrected chi connectivity index (χ4v) is 1.54. The van der Waals surface area contributed by atoms with Gasteiger partial charge in [0.25, 0.3) is 0 Å². The molecule has 19 heavy (non-hydrogen) atoms. The summed E-state index contributed by atoms with van der Waals surface area (Å²) in [5.41, 5.74) is 0.710. The van der Waals surface area contributed by atoms with Gasteiger partial charge in [-0.1, -0.05) is 29.8 Å². The summed E-state index contributed by atoms with van der Waals surface area (Å²) in [6.07, 6.45) is 8.61. The Balaban J connectivity index is 2.73. The second-order valence-electron chi connectivity index (χ2n) is 3.76. The second kappa shape index (κ2) is 8.32. The van der Waals surface area contributed by atoms with Crippen LogP contribution in [-0.2, 0) is 6.42 Å². The lowest BCUT2D eigenvalue weighted by Gasteiger charge is -2.06. The first kappa shape index (κ1) is 15.2.